The van der Waals surface area contributed by atoms with Gasteiger partial charge in [-0.25, -0.2) is 0 Å². The van der Waals surface area contributed by atoms with Gasteiger partial charge in [0.15, 0.2) is 11.5 Å². The van der Waals surface area contributed by atoms with Crippen LogP contribution in [0.25, 0.3) is 0 Å². The van der Waals surface area contributed by atoms with Gasteiger partial charge in [-0.05, 0) is 55.0 Å². The molecule has 7 nitrogen and oxygen atoms in total. The van der Waals surface area contributed by atoms with Gasteiger partial charge >= 0.3 is 0 Å². The van der Waals surface area contributed by atoms with Crippen molar-refractivity contribution in [2.24, 2.45) is 0 Å². The monoisotopic (exact) mass is 404 g/mol. The van der Waals surface area contributed by atoms with Gasteiger partial charge in [0.1, 0.15) is 11.9 Å². The number of rotatable bonds is 6. The van der Waals surface area contributed by atoms with Crippen LogP contribution in [0.1, 0.15) is 28.9 Å². The lowest BCUT2D eigenvalue weighted by Crippen LogP contribution is -2.26. The van der Waals surface area contributed by atoms with E-state index in [1.165, 1.54) is 0 Å². The maximum Gasteiger partial charge on any atom is 0.276 e. The predicted molar refractivity (Wildman–Crippen MR) is 115 cm³/mol. The Labute approximate surface area is 175 Å². The molecule has 0 atom stereocenters. The molecule has 0 spiro atoms. The molecule has 0 radical (unpaired) electrons. The predicted octanol–water partition coefficient (Wildman–Crippen LogP) is 4.34. The van der Waals surface area contributed by atoms with Crippen LogP contribution in [0.2, 0.25) is 0 Å². The molecule has 154 valence electrons. The molecule has 1 aromatic heterocycles. The molecule has 2 aromatic carbocycles. The fraction of sp³-hybridized carbons (Fsp3) is 0.261. The first-order valence-electron chi connectivity index (χ1n) is 9.99. The van der Waals surface area contributed by atoms with E-state index in [9.17, 15) is 4.79 Å². The van der Waals surface area contributed by atoms with E-state index in [2.05, 4.69) is 20.8 Å². The number of aromatic nitrogens is 2. The van der Waals surface area contributed by atoms with Crippen molar-refractivity contribution in [3.05, 3.63) is 71.9 Å². The van der Waals surface area contributed by atoms with E-state index in [-0.39, 0.29) is 17.7 Å². The minimum Gasteiger partial charge on any atom is -0.490 e. The second kappa shape index (κ2) is 9.37. The summed E-state index contributed by atoms with van der Waals surface area (Å²) in [6, 6.07) is 18.5. The maximum absolute atomic E-state index is 12.3. The third kappa shape index (κ3) is 5.12. The number of para-hydroxylation sites is 1. The molecule has 4 rings (SSSR count). The summed E-state index contributed by atoms with van der Waals surface area (Å²) in [6.07, 6.45) is 2.04. The van der Waals surface area contributed by atoms with E-state index in [1.807, 2.05) is 55.5 Å². The van der Waals surface area contributed by atoms with E-state index in [0.29, 0.717) is 11.5 Å². The lowest BCUT2D eigenvalue weighted by molar-refractivity contribution is 0.0253. The van der Waals surface area contributed by atoms with Crippen LogP contribution in [0, 0.1) is 6.92 Å². The minimum absolute atomic E-state index is 0.205. The van der Waals surface area contributed by atoms with Gasteiger partial charge in [0, 0.05) is 24.2 Å². The Morgan fingerprint density at radius 3 is 2.50 bits per heavy atom. The minimum atomic E-state index is -0.300. The fourth-order valence-electron chi connectivity index (χ4n) is 3.22. The Kier molecular flexibility index (Phi) is 6.20. The molecular weight excluding hydrogens is 380 g/mol. The van der Waals surface area contributed by atoms with Crippen molar-refractivity contribution >= 4 is 23.1 Å². The summed E-state index contributed by atoms with van der Waals surface area (Å²) >= 11 is 0. The van der Waals surface area contributed by atoms with E-state index < -0.39 is 0 Å². The standard InChI is InChI=1S/C23H24N4O3/c1-16-15-18(7-9-21(16)30-19-11-13-29-14-12-19)24-22-10-8-20(26-27-22)23(28)25-17-5-3-2-4-6-17/h2-10,15,19H,11-14H2,1H3,(H,24,27)(H,25,28). The Balaban J connectivity index is 1.37. The summed E-state index contributed by atoms with van der Waals surface area (Å²) < 4.78 is 11.5. The lowest BCUT2D eigenvalue weighted by atomic mass is 10.1. The zero-order valence-corrected chi connectivity index (χ0v) is 16.8. The van der Waals surface area contributed by atoms with E-state index >= 15 is 0 Å². The number of amides is 1. The van der Waals surface area contributed by atoms with Crippen molar-refractivity contribution in [2.45, 2.75) is 25.9 Å². The summed E-state index contributed by atoms with van der Waals surface area (Å²) in [6.45, 7) is 3.52. The van der Waals surface area contributed by atoms with E-state index in [1.54, 1.807) is 12.1 Å². The highest BCUT2D eigenvalue weighted by molar-refractivity contribution is 6.02. The summed E-state index contributed by atoms with van der Waals surface area (Å²) in [4.78, 5) is 12.3. The van der Waals surface area contributed by atoms with Crippen LogP contribution in [0.5, 0.6) is 5.75 Å². The number of hydrogen-bond acceptors (Lipinski definition) is 6. The Hall–Kier alpha value is -3.45. The Morgan fingerprint density at radius 2 is 1.80 bits per heavy atom. The van der Waals surface area contributed by atoms with Crippen molar-refractivity contribution in [2.75, 3.05) is 23.8 Å². The highest BCUT2D eigenvalue weighted by atomic mass is 16.5. The van der Waals surface area contributed by atoms with Gasteiger partial charge in [-0.2, -0.15) is 0 Å². The van der Waals surface area contributed by atoms with Crippen LogP contribution >= 0.6 is 0 Å². The molecule has 1 aliphatic heterocycles. The number of anilines is 3. The zero-order valence-electron chi connectivity index (χ0n) is 16.8. The number of carbonyl (C=O) groups excluding carboxylic acids is 1. The number of ether oxygens (including phenoxy) is 2. The second-order valence-corrected chi connectivity index (χ2v) is 7.16. The second-order valence-electron chi connectivity index (χ2n) is 7.16. The SMILES string of the molecule is Cc1cc(Nc2ccc(C(=O)Nc3ccccc3)nn2)ccc1OC1CCOCC1. The summed E-state index contributed by atoms with van der Waals surface area (Å²) in [5, 5.41) is 14.1. The van der Waals surface area contributed by atoms with Crippen LogP contribution in [0.15, 0.2) is 60.7 Å². The first kappa shape index (κ1) is 19.8. The topological polar surface area (TPSA) is 85.4 Å². The highest BCUT2D eigenvalue weighted by Gasteiger charge is 2.16. The molecule has 2 N–H and O–H groups in total. The van der Waals surface area contributed by atoms with Gasteiger partial charge in [0.25, 0.3) is 5.91 Å². The number of benzene rings is 2. The molecule has 30 heavy (non-hydrogen) atoms. The molecular formula is C23H24N4O3. The average Bonchev–Trinajstić information content (AvgIpc) is 2.77. The molecule has 1 amide bonds. The van der Waals surface area contributed by atoms with E-state index in [4.69, 9.17) is 9.47 Å². The van der Waals surface area contributed by atoms with Gasteiger partial charge in [0.05, 0.1) is 13.2 Å². The third-order valence-electron chi connectivity index (χ3n) is 4.84. The summed E-state index contributed by atoms with van der Waals surface area (Å²) in [5.41, 5.74) is 2.88. The number of nitrogens with one attached hydrogen (secondary N) is 2. The van der Waals surface area contributed by atoms with Crippen molar-refractivity contribution < 1.29 is 14.3 Å². The number of hydrogen-bond donors (Lipinski definition) is 2. The fourth-order valence-corrected chi connectivity index (χ4v) is 3.22. The normalized spacial score (nSPS) is 14.2. The van der Waals surface area contributed by atoms with Crippen molar-refractivity contribution in [1.82, 2.24) is 10.2 Å². The lowest BCUT2D eigenvalue weighted by Gasteiger charge is -2.24. The number of carbonyl (C=O) groups is 1. The molecule has 1 fully saturated rings. The van der Waals surface area contributed by atoms with E-state index in [0.717, 1.165) is 43.1 Å². The largest absolute Gasteiger partial charge is 0.490 e. The molecule has 2 heterocycles. The van der Waals surface area contributed by atoms with Crippen molar-refractivity contribution in [1.29, 1.82) is 0 Å². The molecule has 0 aliphatic carbocycles. The number of nitrogens with zero attached hydrogens (tertiary/aromatic N) is 2. The Morgan fingerprint density at radius 1 is 1.00 bits per heavy atom. The van der Waals surface area contributed by atoms with Gasteiger partial charge in [-0.15, -0.1) is 10.2 Å². The van der Waals surface area contributed by atoms with Gasteiger partial charge in [0.2, 0.25) is 0 Å². The summed E-state index contributed by atoms with van der Waals surface area (Å²) in [7, 11) is 0. The van der Waals surface area contributed by atoms with Gasteiger partial charge in [-0.3, -0.25) is 4.79 Å². The smallest absolute Gasteiger partial charge is 0.276 e. The molecule has 3 aromatic rings. The first-order chi connectivity index (χ1) is 14.7. The molecule has 7 heteroatoms. The van der Waals surface area contributed by atoms with Crippen LogP contribution in [-0.4, -0.2) is 35.4 Å². The average molecular weight is 404 g/mol. The van der Waals surface area contributed by atoms with Crippen LogP contribution in [0.4, 0.5) is 17.2 Å². The number of aryl methyl sites for hydroxylation is 1. The van der Waals surface area contributed by atoms with Gasteiger partial charge in [-0.1, -0.05) is 18.2 Å². The maximum atomic E-state index is 12.3. The molecule has 0 saturated carbocycles. The zero-order chi connectivity index (χ0) is 20.8. The van der Waals surface area contributed by atoms with Crippen LogP contribution in [0.3, 0.4) is 0 Å². The quantitative estimate of drug-likeness (QED) is 0.636. The summed E-state index contributed by atoms with van der Waals surface area (Å²) in [5.74, 6) is 1.14. The molecule has 1 saturated heterocycles. The van der Waals surface area contributed by atoms with Gasteiger partial charge < -0.3 is 20.1 Å². The third-order valence-corrected chi connectivity index (χ3v) is 4.84. The molecule has 0 unspecified atom stereocenters. The molecule has 1 aliphatic rings. The van der Waals surface area contributed by atoms with Crippen molar-refractivity contribution in [3.63, 3.8) is 0 Å². The van der Waals surface area contributed by atoms with Crippen molar-refractivity contribution in [3.8, 4) is 5.75 Å². The first-order valence-corrected chi connectivity index (χ1v) is 9.99. The molecule has 0 bridgehead atoms. The van der Waals surface area contributed by atoms with Crippen LogP contribution in [-0.2, 0) is 4.74 Å². The Bertz CT molecular complexity index is 987. The van der Waals surface area contributed by atoms with Crippen LogP contribution < -0.4 is 15.4 Å². The highest BCUT2D eigenvalue weighted by Crippen LogP contribution is 2.26.